The fraction of sp³-hybridized carbons (Fsp3) is 0.667. The molecule has 0 amide bonds. The molecule has 2 atom stereocenters. The molecule has 2 heteroatoms. The van der Waals surface area contributed by atoms with Gasteiger partial charge in [0.05, 0.1) is 6.10 Å². The van der Waals surface area contributed by atoms with Crippen LogP contribution in [0.15, 0.2) is 48.0 Å². The zero-order chi connectivity index (χ0) is 17.9. The van der Waals surface area contributed by atoms with E-state index in [0.29, 0.717) is 12.2 Å². The van der Waals surface area contributed by atoms with Gasteiger partial charge in [-0.1, -0.05) is 75.3 Å². The van der Waals surface area contributed by atoms with Crippen molar-refractivity contribution in [2.45, 2.75) is 102 Å². The number of fused-ring (bicyclic) bond motifs is 1. The highest BCUT2D eigenvalue weighted by atomic mass is 16.6. The number of ether oxygens (including phenoxy) is 2. The van der Waals surface area contributed by atoms with E-state index in [-0.39, 0.29) is 0 Å². The molecule has 2 aliphatic heterocycles. The van der Waals surface area contributed by atoms with Crippen molar-refractivity contribution >= 4 is 0 Å². The lowest BCUT2D eigenvalue weighted by atomic mass is 10.1. The smallest absolute Gasteiger partial charge is 0.165 e. The van der Waals surface area contributed by atoms with Gasteiger partial charge in [-0.25, -0.2) is 0 Å². The van der Waals surface area contributed by atoms with Gasteiger partial charge in [0.2, 0.25) is 0 Å². The predicted octanol–water partition coefficient (Wildman–Crippen LogP) is 7.14. The summed E-state index contributed by atoms with van der Waals surface area (Å²) in [5, 5.41) is 0. The van der Waals surface area contributed by atoms with Crippen LogP contribution in [0.2, 0.25) is 0 Å². The third-order valence-corrected chi connectivity index (χ3v) is 5.54. The first kappa shape index (κ1) is 19.5. The maximum atomic E-state index is 5.51. The van der Waals surface area contributed by atoms with Crippen molar-refractivity contribution in [2.75, 3.05) is 0 Å². The van der Waals surface area contributed by atoms with E-state index < -0.39 is 0 Å². The number of epoxide rings is 1. The summed E-state index contributed by atoms with van der Waals surface area (Å²) in [6.07, 6.45) is 32.7. The van der Waals surface area contributed by atoms with Crippen LogP contribution < -0.4 is 0 Å². The molecule has 0 bridgehead atoms. The SMILES string of the molecule is C1=CC2=C(CCCCCCCC1)O2.C1=CCCCCCCC2OC2C=C1. The van der Waals surface area contributed by atoms with Crippen LogP contribution in [0.5, 0.6) is 0 Å². The maximum absolute atomic E-state index is 5.51. The second kappa shape index (κ2) is 11.4. The first-order valence-electron chi connectivity index (χ1n) is 11.0. The lowest BCUT2D eigenvalue weighted by molar-refractivity contribution is 0.373. The van der Waals surface area contributed by atoms with Gasteiger partial charge in [0.25, 0.3) is 0 Å². The lowest BCUT2D eigenvalue weighted by Gasteiger charge is -1.98. The maximum Gasteiger partial charge on any atom is 0.165 e. The molecule has 26 heavy (non-hydrogen) atoms. The molecule has 144 valence electrons. The van der Waals surface area contributed by atoms with Gasteiger partial charge >= 0.3 is 0 Å². The highest BCUT2D eigenvalue weighted by Gasteiger charge is 2.35. The van der Waals surface area contributed by atoms with Crippen molar-refractivity contribution in [1.82, 2.24) is 0 Å². The lowest BCUT2D eigenvalue weighted by Crippen LogP contribution is -1.91. The average Bonchev–Trinajstić information content (AvgIpc) is 3.53. The third kappa shape index (κ3) is 7.95. The van der Waals surface area contributed by atoms with E-state index in [2.05, 4.69) is 36.5 Å². The van der Waals surface area contributed by atoms with Crippen LogP contribution in [0.25, 0.3) is 0 Å². The van der Waals surface area contributed by atoms with Gasteiger partial charge in [-0.15, -0.1) is 0 Å². The van der Waals surface area contributed by atoms with E-state index in [1.54, 1.807) is 0 Å². The molecule has 4 rings (SSSR count). The van der Waals surface area contributed by atoms with Gasteiger partial charge in [0.15, 0.2) is 5.76 Å². The van der Waals surface area contributed by atoms with Crippen molar-refractivity contribution in [2.24, 2.45) is 0 Å². The fourth-order valence-corrected chi connectivity index (χ4v) is 3.72. The minimum absolute atomic E-state index is 0.434. The summed E-state index contributed by atoms with van der Waals surface area (Å²) in [5.41, 5.74) is 0. The van der Waals surface area contributed by atoms with Gasteiger partial charge in [-0.05, 0) is 44.6 Å². The number of hydrogen-bond donors (Lipinski definition) is 0. The minimum atomic E-state index is 0.434. The molecule has 2 heterocycles. The van der Waals surface area contributed by atoms with E-state index in [4.69, 9.17) is 9.47 Å². The van der Waals surface area contributed by atoms with E-state index in [1.165, 1.54) is 95.7 Å². The third-order valence-electron chi connectivity index (χ3n) is 5.54. The Kier molecular flexibility index (Phi) is 8.57. The standard InChI is InChI=1S/2C12H18O/c2*1-2-4-6-8-10-12-11(13-12)9-7-5-3-1/h7,9H,1-6,8,10H2;3,5,7,9,11-12H,1-2,4,6,8,10H2. The minimum Gasteiger partial charge on any atom is -0.454 e. The Bertz CT molecular complexity index is 526. The van der Waals surface area contributed by atoms with Crippen molar-refractivity contribution in [3.63, 3.8) is 0 Å². The second-order valence-electron chi connectivity index (χ2n) is 7.90. The molecule has 2 nitrogen and oxygen atoms in total. The van der Waals surface area contributed by atoms with E-state index >= 15 is 0 Å². The molecule has 0 aromatic carbocycles. The summed E-state index contributed by atoms with van der Waals surface area (Å²) in [4.78, 5) is 0. The van der Waals surface area contributed by atoms with Crippen LogP contribution in [0.1, 0.15) is 89.9 Å². The van der Waals surface area contributed by atoms with Crippen molar-refractivity contribution < 1.29 is 9.47 Å². The van der Waals surface area contributed by atoms with Gasteiger partial charge in [-0.3, -0.25) is 0 Å². The van der Waals surface area contributed by atoms with E-state index in [0.717, 1.165) is 5.76 Å². The summed E-state index contributed by atoms with van der Waals surface area (Å²) in [7, 11) is 0. The van der Waals surface area contributed by atoms with Crippen LogP contribution in [0, 0.1) is 0 Å². The molecule has 0 spiro atoms. The quantitative estimate of drug-likeness (QED) is 0.431. The first-order valence-corrected chi connectivity index (χ1v) is 11.0. The van der Waals surface area contributed by atoms with Gasteiger partial charge in [0.1, 0.15) is 11.9 Å². The van der Waals surface area contributed by atoms with Crippen LogP contribution in [0.3, 0.4) is 0 Å². The van der Waals surface area contributed by atoms with Gasteiger partial charge in [0, 0.05) is 6.42 Å². The number of hydrogen-bond acceptors (Lipinski definition) is 2. The first-order chi connectivity index (χ1) is 12.9. The van der Waals surface area contributed by atoms with Crippen molar-refractivity contribution in [3.05, 3.63) is 48.0 Å². The van der Waals surface area contributed by atoms with Crippen LogP contribution in [-0.2, 0) is 9.47 Å². The number of allylic oxidation sites excluding steroid dienone is 6. The number of rotatable bonds is 0. The molecule has 1 saturated heterocycles. The predicted molar refractivity (Wildman–Crippen MR) is 109 cm³/mol. The van der Waals surface area contributed by atoms with E-state index in [1.807, 2.05) is 0 Å². The molecule has 2 unspecified atom stereocenters. The molecule has 0 aromatic heterocycles. The summed E-state index contributed by atoms with van der Waals surface area (Å²) in [6.45, 7) is 0. The topological polar surface area (TPSA) is 25.1 Å². The van der Waals surface area contributed by atoms with Gasteiger partial charge in [-0.2, -0.15) is 0 Å². The van der Waals surface area contributed by atoms with Crippen LogP contribution in [0.4, 0.5) is 0 Å². The highest BCUT2D eigenvalue weighted by molar-refractivity contribution is 5.28. The molecule has 0 radical (unpaired) electrons. The summed E-state index contributed by atoms with van der Waals surface area (Å²) >= 11 is 0. The summed E-state index contributed by atoms with van der Waals surface area (Å²) in [5.74, 6) is 2.40. The molecule has 0 N–H and O–H groups in total. The van der Waals surface area contributed by atoms with Crippen molar-refractivity contribution in [1.29, 1.82) is 0 Å². The second-order valence-corrected chi connectivity index (χ2v) is 7.90. The Labute approximate surface area is 160 Å². The molecule has 0 aromatic rings. The zero-order valence-corrected chi connectivity index (χ0v) is 16.3. The van der Waals surface area contributed by atoms with Crippen LogP contribution in [-0.4, -0.2) is 12.2 Å². The Morgan fingerprint density at radius 1 is 0.731 bits per heavy atom. The Balaban J connectivity index is 0.000000151. The zero-order valence-electron chi connectivity index (χ0n) is 16.3. The largest absolute Gasteiger partial charge is 0.454 e. The fourth-order valence-electron chi connectivity index (χ4n) is 3.72. The summed E-state index contributed by atoms with van der Waals surface area (Å²) in [6, 6.07) is 0. The monoisotopic (exact) mass is 356 g/mol. The Morgan fingerprint density at radius 2 is 1.46 bits per heavy atom. The Hall–Kier alpha value is -1.28. The van der Waals surface area contributed by atoms with Crippen molar-refractivity contribution in [3.8, 4) is 0 Å². The van der Waals surface area contributed by atoms with E-state index in [9.17, 15) is 0 Å². The summed E-state index contributed by atoms with van der Waals surface area (Å²) < 4.78 is 10.9. The van der Waals surface area contributed by atoms with Crippen LogP contribution >= 0.6 is 0 Å². The molecule has 1 fully saturated rings. The normalized spacial score (nSPS) is 29.2. The molecule has 4 aliphatic rings. The molecule has 2 aliphatic carbocycles. The Morgan fingerprint density at radius 3 is 2.35 bits per heavy atom. The molecular formula is C24H36O2. The van der Waals surface area contributed by atoms with Gasteiger partial charge < -0.3 is 9.47 Å². The highest BCUT2D eigenvalue weighted by Crippen LogP contribution is 2.32. The molecule has 0 saturated carbocycles. The molecular weight excluding hydrogens is 320 g/mol. The average molecular weight is 357 g/mol.